The lowest BCUT2D eigenvalue weighted by molar-refractivity contribution is 0.0586. The van der Waals surface area contributed by atoms with Crippen molar-refractivity contribution in [2.24, 2.45) is 17.6 Å². The van der Waals surface area contributed by atoms with Crippen molar-refractivity contribution in [3.05, 3.63) is 34.9 Å². The third-order valence-electron chi connectivity index (χ3n) is 5.24. The van der Waals surface area contributed by atoms with Gasteiger partial charge in [0.1, 0.15) is 0 Å². The molecule has 0 spiro atoms. The molecule has 1 aliphatic carbocycles. The van der Waals surface area contributed by atoms with Crippen LogP contribution < -0.4 is 5.73 Å². The number of hydrogen-bond acceptors (Lipinski definition) is 2. The molecule has 1 saturated carbocycles. The smallest absolute Gasteiger partial charge is 0.0470 e. The second-order valence-corrected chi connectivity index (χ2v) is 6.83. The molecule has 3 rings (SSSR count). The Hall–Kier alpha value is -0.570. The molecule has 3 unspecified atom stereocenters. The van der Waals surface area contributed by atoms with Crippen LogP contribution in [-0.2, 0) is 0 Å². The summed E-state index contributed by atoms with van der Waals surface area (Å²) in [5.74, 6) is 1.88. The second kappa shape index (κ2) is 6.46. The summed E-state index contributed by atoms with van der Waals surface area (Å²) in [6.45, 7) is 3.12. The topological polar surface area (TPSA) is 29.3 Å². The van der Waals surface area contributed by atoms with Gasteiger partial charge in [0.15, 0.2) is 0 Å². The van der Waals surface area contributed by atoms with Crippen LogP contribution in [0.2, 0.25) is 5.02 Å². The normalized spacial score (nSPS) is 28.9. The molecule has 0 bridgehead atoms. The highest BCUT2D eigenvalue weighted by Crippen LogP contribution is 2.38. The van der Waals surface area contributed by atoms with E-state index in [0.717, 1.165) is 16.9 Å². The maximum atomic E-state index is 6.07. The Morgan fingerprint density at radius 1 is 1.10 bits per heavy atom. The molecule has 1 aromatic rings. The van der Waals surface area contributed by atoms with Crippen LogP contribution >= 0.6 is 11.6 Å². The average molecular weight is 293 g/mol. The molecule has 2 aliphatic rings. The fourth-order valence-corrected chi connectivity index (χ4v) is 4.22. The fourth-order valence-electron chi connectivity index (χ4n) is 4.09. The zero-order valence-electron chi connectivity index (χ0n) is 12.1. The quantitative estimate of drug-likeness (QED) is 0.917. The van der Waals surface area contributed by atoms with Gasteiger partial charge in [0.2, 0.25) is 0 Å². The predicted octanol–water partition coefficient (Wildman–Crippen LogP) is 3.85. The van der Waals surface area contributed by atoms with Gasteiger partial charge in [0.25, 0.3) is 0 Å². The molecule has 1 aliphatic heterocycles. The van der Waals surface area contributed by atoms with Gasteiger partial charge in [-0.2, -0.15) is 0 Å². The molecule has 2 N–H and O–H groups in total. The molecular weight excluding hydrogens is 268 g/mol. The van der Waals surface area contributed by atoms with Crippen LogP contribution in [0.5, 0.6) is 0 Å². The summed E-state index contributed by atoms with van der Waals surface area (Å²) < 4.78 is 0. The number of fused-ring (bicyclic) bond motifs is 1. The van der Waals surface area contributed by atoms with Crippen LogP contribution in [0.1, 0.15) is 43.7 Å². The van der Waals surface area contributed by atoms with E-state index in [4.69, 9.17) is 17.3 Å². The molecule has 0 aromatic heterocycles. The Kier molecular flexibility index (Phi) is 4.65. The van der Waals surface area contributed by atoms with E-state index in [2.05, 4.69) is 17.0 Å². The van der Waals surface area contributed by atoms with E-state index in [1.807, 2.05) is 12.1 Å². The van der Waals surface area contributed by atoms with E-state index in [1.165, 1.54) is 50.8 Å². The first-order chi connectivity index (χ1) is 9.78. The first-order valence-electron chi connectivity index (χ1n) is 7.97. The van der Waals surface area contributed by atoms with Gasteiger partial charge < -0.3 is 5.73 Å². The number of rotatable bonds is 3. The monoisotopic (exact) mass is 292 g/mol. The van der Waals surface area contributed by atoms with E-state index < -0.39 is 0 Å². The fraction of sp³-hybridized carbons (Fsp3) is 0.647. The Morgan fingerprint density at radius 3 is 2.50 bits per heavy atom. The number of piperidine rings is 1. The summed E-state index contributed by atoms with van der Waals surface area (Å²) >= 11 is 5.99. The summed E-state index contributed by atoms with van der Waals surface area (Å²) in [5.41, 5.74) is 7.38. The minimum absolute atomic E-state index is 0.357. The van der Waals surface area contributed by atoms with Crippen LogP contribution in [0.25, 0.3) is 0 Å². The highest BCUT2D eigenvalue weighted by atomic mass is 35.5. The molecule has 1 saturated heterocycles. The van der Waals surface area contributed by atoms with Crippen molar-refractivity contribution in [1.82, 2.24) is 4.90 Å². The molecule has 0 radical (unpaired) electrons. The van der Waals surface area contributed by atoms with Crippen LogP contribution in [0.4, 0.5) is 0 Å². The van der Waals surface area contributed by atoms with Crippen molar-refractivity contribution >= 4 is 11.6 Å². The summed E-state index contributed by atoms with van der Waals surface area (Å²) in [6.07, 6.45) is 7.09. The Labute approximate surface area is 127 Å². The zero-order chi connectivity index (χ0) is 13.9. The van der Waals surface area contributed by atoms with Gasteiger partial charge in [0.05, 0.1) is 0 Å². The number of nitrogens with zero attached hydrogens (tertiary/aromatic N) is 1. The van der Waals surface area contributed by atoms with Gasteiger partial charge in [-0.15, -0.1) is 0 Å². The van der Waals surface area contributed by atoms with Gasteiger partial charge in [-0.25, -0.2) is 0 Å². The average Bonchev–Trinajstić information content (AvgIpc) is 2.50. The predicted molar refractivity (Wildman–Crippen MR) is 84.9 cm³/mol. The Balaban J connectivity index is 1.71. The van der Waals surface area contributed by atoms with Crippen LogP contribution in [-0.4, -0.2) is 24.5 Å². The molecule has 1 aromatic carbocycles. The first kappa shape index (κ1) is 14.4. The van der Waals surface area contributed by atoms with Crippen LogP contribution in [0.15, 0.2) is 24.3 Å². The molecular formula is C17H25ClN2. The van der Waals surface area contributed by atoms with Crippen molar-refractivity contribution < 1.29 is 0 Å². The first-order valence-corrected chi connectivity index (χ1v) is 8.35. The molecule has 2 fully saturated rings. The SMILES string of the molecule is NCC(c1ccc(Cl)cc1)N1CCC2CCCCC2C1. The van der Waals surface area contributed by atoms with E-state index in [0.29, 0.717) is 12.6 Å². The van der Waals surface area contributed by atoms with Gasteiger partial charge in [-0.3, -0.25) is 4.90 Å². The summed E-state index contributed by atoms with van der Waals surface area (Å²) in [7, 11) is 0. The third-order valence-corrected chi connectivity index (χ3v) is 5.49. The highest BCUT2D eigenvalue weighted by molar-refractivity contribution is 6.30. The second-order valence-electron chi connectivity index (χ2n) is 6.39. The van der Waals surface area contributed by atoms with Gasteiger partial charge >= 0.3 is 0 Å². The lowest BCUT2D eigenvalue weighted by atomic mass is 9.74. The van der Waals surface area contributed by atoms with Crippen LogP contribution in [0, 0.1) is 11.8 Å². The standard InChI is InChI=1S/C17H25ClN2/c18-16-7-5-14(6-8-16)17(11-19)20-10-9-13-3-1-2-4-15(13)12-20/h5-8,13,15,17H,1-4,9-12,19H2. The van der Waals surface area contributed by atoms with E-state index in [1.54, 1.807) is 0 Å². The number of halogens is 1. The number of likely N-dealkylation sites (tertiary alicyclic amines) is 1. The number of hydrogen-bond donors (Lipinski definition) is 1. The minimum Gasteiger partial charge on any atom is -0.329 e. The Bertz CT molecular complexity index is 431. The lowest BCUT2D eigenvalue weighted by Gasteiger charge is -2.44. The van der Waals surface area contributed by atoms with Crippen molar-refractivity contribution in [2.45, 2.75) is 38.1 Å². The number of nitrogens with two attached hydrogens (primary N) is 1. The third kappa shape index (κ3) is 3.03. The van der Waals surface area contributed by atoms with Crippen molar-refractivity contribution in [3.63, 3.8) is 0 Å². The number of benzene rings is 1. The van der Waals surface area contributed by atoms with Crippen molar-refractivity contribution in [3.8, 4) is 0 Å². The maximum Gasteiger partial charge on any atom is 0.0470 e. The lowest BCUT2D eigenvalue weighted by Crippen LogP contribution is -2.45. The molecule has 110 valence electrons. The van der Waals surface area contributed by atoms with Gasteiger partial charge in [-0.1, -0.05) is 43.0 Å². The zero-order valence-corrected chi connectivity index (χ0v) is 12.9. The molecule has 0 amide bonds. The molecule has 3 atom stereocenters. The van der Waals surface area contributed by atoms with E-state index in [9.17, 15) is 0 Å². The van der Waals surface area contributed by atoms with E-state index in [-0.39, 0.29) is 0 Å². The summed E-state index contributed by atoms with van der Waals surface area (Å²) in [6, 6.07) is 8.58. The van der Waals surface area contributed by atoms with Gasteiger partial charge in [-0.05, 0) is 48.9 Å². The van der Waals surface area contributed by atoms with Crippen molar-refractivity contribution in [2.75, 3.05) is 19.6 Å². The molecule has 1 heterocycles. The minimum atomic E-state index is 0.357. The highest BCUT2D eigenvalue weighted by Gasteiger charge is 2.33. The molecule has 2 nitrogen and oxygen atoms in total. The Morgan fingerprint density at radius 2 is 1.80 bits per heavy atom. The van der Waals surface area contributed by atoms with Crippen LogP contribution in [0.3, 0.4) is 0 Å². The van der Waals surface area contributed by atoms with Crippen molar-refractivity contribution in [1.29, 1.82) is 0 Å². The van der Waals surface area contributed by atoms with Gasteiger partial charge in [0, 0.05) is 24.2 Å². The molecule has 20 heavy (non-hydrogen) atoms. The maximum absolute atomic E-state index is 6.07. The summed E-state index contributed by atoms with van der Waals surface area (Å²) in [5, 5.41) is 0.801. The summed E-state index contributed by atoms with van der Waals surface area (Å²) in [4.78, 5) is 2.61. The largest absolute Gasteiger partial charge is 0.329 e. The molecule has 3 heteroatoms. The van der Waals surface area contributed by atoms with E-state index >= 15 is 0 Å².